The molecule has 1 atom stereocenters. The zero-order valence-electron chi connectivity index (χ0n) is 11.2. The minimum absolute atomic E-state index is 0.199. The third kappa shape index (κ3) is 6.26. The Morgan fingerprint density at radius 1 is 1.29 bits per heavy atom. The van der Waals surface area contributed by atoms with Crippen molar-refractivity contribution < 1.29 is 19.1 Å². The molecule has 1 unspecified atom stereocenters. The van der Waals surface area contributed by atoms with Gasteiger partial charge in [0.2, 0.25) is 0 Å². The van der Waals surface area contributed by atoms with Gasteiger partial charge in [-0.1, -0.05) is 6.92 Å². The normalized spacial score (nSPS) is 12.3. The van der Waals surface area contributed by atoms with Gasteiger partial charge >= 0.3 is 11.9 Å². The molecule has 0 aliphatic carbocycles. The van der Waals surface area contributed by atoms with Crippen molar-refractivity contribution in [3.8, 4) is 0 Å². The van der Waals surface area contributed by atoms with E-state index in [0.29, 0.717) is 32.4 Å². The summed E-state index contributed by atoms with van der Waals surface area (Å²) in [6.07, 6.45) is 1.76. The predicted octanol–water partition coefficient (Wildman–Crippen LogP) is 1.21. The molecule has 0 aliphatic rings. The number of carbonyl (C=O) groups excluding carboxylic acids is 2. The minimum Gasteiger partial charge on any atom is -0.469 e. The van der Waals surface area contributed by atoms with Crippen LogP contribution < -0.4 is 0 Å². The van der Waals surface area contributed by atoms with Gasteiger partial charge in [-0.25, -0.2) is 0 Å². The highest BCUT2D eigenvalue weighted by atomic mass is 16.5. The van der Waals surface area contributed by atoms with Gasteiger partial charge in [0.25, 0.3) is 0 Å². The van der Waals surface area contributed by atoms with Crippen molar-refractivity contribution in [1.29, 1.82) is 0 Å². The summed E-state index contributed by atoms with van der Waals surface area (Å²) in [6, 6.07) is -0.229. The lowest BCUT2D eigenvalue weighted by molar-refractivity contribution is -0.149. The quantitative estimate of drug-likeness (QED) is 0.602. The fraction of sp³-hybridized carbons (Fsp3) is 0.833. The first-order valence-corrected chi connectivity index (χ1v) is 6.00. The second-order valence-electron chi connectivity index (χ2n) is 3.84. The number of esters is 2. The minimum atomic E-state index is -0.229. The second kappa shape index (κ2) is 8.98. The highest BCUT2D eigenvalue weighted by molar-refractivity contribution is 5.75. The Bertz CT molecular complexity index is 243. The summed E-state index contributed by atoms with van der Waals surface area (Å²) in [6.45, 7) is 4.80. The van der Waals surface area contributed by atoms with Crippen LogP contribution in [0.1, 0.15) is 33.1 Å². The number of carbonyl (C=O) groups is 2. The van der Waals surface area contributed by atoms with E-state index in [2.05, 4.69) is 4.74 Å². The van der Waals surface area contributed by atoms with Gasteiger partial charge in [-0.2, -0.15) is 0 Å². The number of nitrogens with zero attached hydrogens (tertiary/aromatic N) is 1. The number of rotatable bonds is 8. The summed E-state index contributed by atoms with van der Waals surface area (Å²) in [4.78, 5) is 24.5. The Labute approximate surface area is 103 Å². The standard InChI is InChI=1S/C12H23NO4/c1-5-10(12(15)17-6-2)13(3)9-7-8-11(14)16-4/h10H,5-9H2,1-4H3. The van der Waals surface area contributed by atoms with E-state index in [-0.39, 0.29) is 18.0 Å². The maximum absolute atomic E-state index is 11.6. The van der Waals surface area contributed by atoms with Crippen LogP contribution in [0.4, 0.5) is 0 Å². The van der Waals surface area contributed by atoms with E-state index in [9.17, 15) is 9.59 Å². The smallest absolute Gasteiger partial charge is 0.323 e. The highest BCUT2D eigenvalue weighted by Gasteiger charge is 2.22. The zero-order chi connectivity index (χ0) is 13.3. The lowest BCUT2D eigenvalue weighted by atomic mass is 10.2. The van der Waals surface area contributed by atoms with E-state index in [4.69, 9.17) is 4.74 Å². The molecular formula is C12H23NO4. The van der Waals surface area contributed by atoms with Gasteiger partial charge in [0.05, 0.1) is 13.7 Å². The van der Waals surface area contributed by atoms with Crippen LogP contribution in [-0.2, 0) is 19.1 Å². The summed E-state index contributed by atoms with van der Waals surface area (Å²) in [7, 11) is 3.24. The molecule has 100 valence electrons. The van der Waals surface area contributed by atoms with Crippen LogP contribution in [0.25, 0.3) is 0 Å². The molecule has 0 rings (SSSR count). The molecule has 0 amide bonds. The van der Waals surface area contributed by atoms with Crippen molar-refractivity contribution in [1.82, 2.24) is 4.90 Å². The van der Waals surface area contributed by atoms with Crippen LogP contribution in [0.5, 0.6) is 0 Å². The molecule has 0 N–H and O–H groups in total. The molecule has 0 saturated carbocycles. The van der Waals surface area contributed by atoms with Crippen molar-refractivity contribution in [2.75, 3.05) is 27.3 Å². The van der Waals surface area contributed by atoms with Crippen LogP contribution >= 0.6 is 0 Å². The van der Waals surface area contributed by atoms with E-state index in [1.165, 1.54) is 7.11 Å². The topological polar surface area (TPSA) is 55.8 Å². The summed E-state index contributed by atoms with van der Waals surface area (Å²) in [5, 5.41) is 0. The number of methoxy groups -OCH3 is 1. The third-order valence-electron chi connectivity index (χ3n) is 2.60. The van der Waals surface area contributed by atoms with Gasteiger partial charge in [0.15, 0.2) is 0 Å². The molecule has 0 spiro atoms. The van der Waals surface area contributed by atoms with E-state index in [1.807, 2.05) is 18.9 Å². The highest BCUT2D eigenvalue weighted by Crippen LogP contribution is 2.06. The van der Waals surface area contributed by atoms with Crippen molar-refractivity contribution in [3.05, 3.63) is 0 Å². The Kier molecular flexibility index (Phi) is 8.40. The first kappa shape index (κ1) is 15.9. The molecule has 0 fully saturated rings. The van der Waals surface area contributed by atoms with Crippen molar-refractivity contribution in [3.63, 3.8) is 0 Å². The van der Waals surface area contributed by atoms with Gasteiger partial charge < -0.3 is 9.47 Å². The van der Waals surface area contributed by atoms with Gasteiger partial charge in [0.1, 0.15) is 6.04 Å². The Morgan fingerprint density at radius 2 is 1.94 bits per heavy atom. The van der Waals surface area contributed by atoms with Gasteiger partial charge in [0, 0.05) is 6.42 Å². The van der Waals surface area contributed by atoms with Crippen molar-refractivity contribution in [2.45, 2.75) is 39.2 Å². The fourth-order valence-electron chi connectivity index (χ4n) is 1.63. The summed E-state index contributed by atoms with van der Waals surface area (Å²) < 4.78 is 9.55. The molecule has 5 heteroatoms. The number of hydrogen-bond donors (Lipinski definition) is 0. The average Bonchev–Trinajstić information content (AvgIpc) is 2.30. The van der Waals surface area contributed by atoms with Gasteiger partial charge in [-0.05, 0) is 33.4 Å². The molecule has 0 radical (unpaired) electrons. The second-order valence-corrected chi connectivity index (χ2v) is 3.84. The SMILES string of the molecule is CCOC(=O)C(CC)N(C)CCCC(=O)OC. The third-order valence-corrected chi connectivity index (χ3v) is 2.60. The lowest BCUT2D eigenvalue weighted by Gasteiger charge is -2.24. The first-order chi connectivity index (χ1) is 8.06. The molecule has 0 aromatic rings. The van der Waals surface area contributed by atoms with Crippen molar-refractivity contribution >= 4 is 11.9 Å². The summed E-state index contributed by atoms with van der Waals surface area (Å²) in [5.74, 6) is -0.418. The lowest BCUT2D eigenvalue weighted by Crippen LogP contribution is -2.39. The monoisotopic (exact) mass is 245 g/mol. The average molecular weight is 245 g/mol. The molecule has 0 saturated heterocycles. The molecule has 0 aromatic carbocycles. The zero-order valence-corrected chi connectivity index (χ0v) is 11.2. The van der Waals surface area contributed by atoms with Gasteiger partial charge in [-0.3, -0.25) is 14.5 Å². The van der Waals surface area contributed by atoms with E-state index < -0.39 is 0 Å². The maximum atomic E-state index is 11.6. The first-order valence-electron chi connectivity index (χ1n) is 6.00. The molecule has 5 nitrogen and oxygen atoms in total. The van der Waals surface area contributed by atoms with Crippen LogP contribution in [0, 0.1) is 0 Å². The number of ether oxygens (including phenoxy) is 2. The largest absolute Gasteiger partial charge is 0.469 e. The molecule has 0 aromatic heterocycles. The maximum Gasteiger partial charge on any atom is 0.323 e. The van der Waals surface area contributed by atoms with Crippen LogP contribution in [-0.4, -0.2) is 50.2 Å². The summed E-state index contributed by atoms with van der Waals surface area (Å²) >= 11 is 0. The van der Waals surface area contributed by atoms with Crippen molar-refractivity contribution in [2.24, 2.45) is 0 Å². The van der Waals surface area contributed by atoms with Crippen LogP contribution in [0.15, 0.2) is 0 Å². The summed E-state index contributed by atoms with van der Waals surface area (Å²) in [5.41, 5.74) is 0. The van der Waals surface area contributed by atoms with Gasteiger partial charge in [-0.15, -0.1) is 0 Å². The van der Waals surface area contributed by atoms with E-state index in [0.717, 1.165) is 0 Å². The number of hydrogen-bond acceptors (Lipinski definition) is 5. The molecular weight excluding hydrogens is 222 g/mol. The van der Waals surface area contributed by atoms with E-state index in [1.54, 1.807) is 6.92 Å². The molecule has 17 heavy (non-hydrogen) atoms. The van der Waals surface area contributed by atoms with E-state index >= 15 is 0 Å². The Balaban J connectivity index is 4.03. The predicted molar refractivity (Wildman–Crippen MR) is 64.6 cm³/mol. The molecule has 0 heterocycles. The molecule has 0 bridgehead atoms. The Morgan fingerprint density at radius 3 is 2.41 bits per heavy atom. The Hall–Kier alpha value is -1.10. The van der Waals surface area contributed by atoms with Crippen LogP contribution in [0.3, 0.4) is 0 Å². The molecule has 0 aliphatic heterocycles. The number of likely N-dealkylation sites (N-methyl/N-ethyl adjacent to an activating group) is 1. The van der Waals surface area contributed by atoms with Crippen LogP contribution in [0.2, 0.25) is 0 Å². The fourth-order valence-corrected chi connectivity index (χ4v) is 1.63.